The van der Waals surface area contributed by atoms with E-state index in [1.54, 1.807) is 24.3 Å². The molecule has 0 saturated carbocycles. The zero-order chi connectivity index (χ0) is 15.2. The maximum absolute atomic E-state index is 11.8. The summed E-state index contributed by atoms with van der Waals surface area (Å²) in [4.78, 5) is 11.2. The van der Waals surface area contributed by atoms with Gasteiger partial charge in [0.05, 0.1) is 5.75 Å². The first-order chi connectivity index (χ1) is 9.34. The Bertz CT molecular complexity index is 542. The van der Waals surface area contributed by atoms with Crippen LogP contribution in [0.25, 0.3) is 0 Å². The van der Waals surface area contributed by atoms with Crippen molar-refractivity contribution in [3.05, 3.63) is 34.9 Å². The molecule has 0 bridgehead atoms. The summed E-state index contributed by atoms with van der Waals surface area (Å²) in [5, 5.41) is 9.67. The van der Waals surface area contributed by atoms with Gasteiger partial charge in [-0.3, -0.25) is 4.79 Å². The van der Waals surface area contributed by atoms with E-state index < -0.39 is 22.0 Å². The first-order valence-electron chi connectivity index (χ1n) is 6.31. The Morgan fingerprint density at radius 3 is 2.45 bits per heavy atom. The van der Waals surface area contributed by atoms with Crippen molar-refractivity contribution in [1.82, 2.24) is 4.72 Å². The topological polar surface area (TPSA) is 83.5 Å². The highest BCUT2D eigenvalue weighted by Gasteiger charge is 2.23. The molecule has 0 fully saturated rings. The van der Waals surface area contributed by atoms with E-state index >= 15 is 0 Å². The SMILES string of the molecule is CCCCS(=O)(=O)NC(Cc1ccc(Cl)cc1)C(=O)O. The van der Waals surface area contributed by atoms with Gasteiger partial charge in [-0.15, -0.1) is 0 Å². The average Bonchev–Trinajstić information content (AvgIpc) is 2.38. The largest absolute Gasteiger partial charge is 0.480 e. The van der Waals surface area contributed by atoms with Crippen LogP contribution in [0.3, 0.4) is 0 Å². The Kier molecular flexibility index (Phi) is 6.45. The monoisotopic (exact) mass is 319 g/mol. The van der Waals surface area contributed by atoms with Gasteiger partial charge in [0.2, 0.25) is 10.0 Å². The number of sulfonamides is 1. The minimum Gasteiger partial charge on any atom is -0.480 e. The minimum absolute atomic E-state index is 0.0616. The molecule has 5 nitrogen and oxygen atoms in total. The van der Waals surface area contributed by atoms with Gasteiger partial charge in [-0.25, -0.2) is 13.1 Å². The third kappa shape index (κ3) is 5.90. The molecule has 0 aliphatic carbocycles. The lowest BCUT2D eigenvalue weighted by Crippen LogP contribution is -2.43. The Morgan fingerprint density at radius 2 is 1.95 bits per heavy atom. The number of halogens is 1. The number of rotatable bonds is 8. The lowest BCUT2D eigenvalue weighted by molar-refractivity contribution is -0.138. The van der Waals surface area contributed by atoms with Crippen LogP contribution in [0.15, 0.2) is 24.3 Å². The second kappa shape index (κ2) is 7.61. The first-order valence-corrected chi connectivity index (χ1v) is 8.34. The van der Waals surface area contributed by atoms with Crippen LogP contribution in [0, 0.1) is 0 Å². The smallest absolute Gasteiger partial charge is 0.322 e. The number of unbranched alkanes of at least 4 members (excludes halogenated alkanes) is 1. The molecule has 0 spiro atoms. The molecule has 1 aromatic rings. The Morgan fingerprint density at radius 1 is 1.35 bits per heavy atom. The molecule has 0 radical (unpaired) electrons. The second-order valence-corrected chi connectivity index (χ2v) is 6.82. The summed E-state index contributed by atoms with van der Waals surface area (Å²) in [6.07, 6.45) is 1.32. The highest BCUT2D eigenvalue weighted by atomic mass is 35.5. The Labute approximate surface area is 124 Å². The fourth-order valence-electron chi connectivity index (χ4n) is 1.65. The molecule has 0 amide bonds. The van der Waals surface area contributed by atoms with Crippen LogP contribution in [0.2, 0.25) is 5.02 Å². The Balaban J connectivity index is 2.75. The van der Waals surface area contributed by atoms with E-state index in [-0.39, 0.29) is 12.2 Å². The van der Waals surface area contributed by atoms with Crippen molar-refractivity contribution in [1.29, 1.82) is 0 Å². The number of aliphatic carboxylic acids is 1. The van der Waals surface area contributed by atoms with Crippen LogP contribution < -0.4 is 4.72 Å². The molecule has 1 rings (SSSR count). The van der Waals surface area contributed by atoms with Gasteiger partial charge in [0.25, 0.3) is 0 Å². The van der Waals surface area contributed by atoms with Gasteiger partial charge in [-0.2, -0.15) is 0 Å². The number of nitrogens with one attached hydrogen (secondary N) is 1. The number of hydrogen-bond donors (Lipinski definition) is 2. The number of carboxylic acid groups (broad SMARTS) is 1. The number of hydrogen-bond acceptors (Lipinski definition) is 3. The molecule has 0 aliphatic heterocycles. The van der Waals surface area contributed by atoms with Crippen molar-refractivity contribution in [3.63, 3.8) is 0 Å². The summed E-state index contributed by atoms with van der Waals surface area (Å²) in [6, 6.07) is 5.47. The molecule has 1 atom stereocenters. The van der Waals surface area contributed by atoms with Crippen molar-refractivity contribution < 1.29 is 18.3 Å². The van der Waals surface area contributed by atoms with Crippen LogP contribution in [0.4, 0.5) is 0 Å². The number of carbonyl (C=O) groups is 1. The molecule has 112 valence electrons. The molecule has 0 aliphatic rings. The van der Waals surface area contributed by atoms with Crippen molar-refractivity contribution >= 4 is 27.6 Å². The Hall–Kier alpha value is -1.11. The lowest BCUT2D eigenvalue weighted by Gasteiger charge is -2.14. The highest BCUT2D eigenvalue weighted by Crippen LogP contribution is 2.11. The number of carboxylic acids is 1. The molecule has 0 saturated heterocycles. The molecule has 1 aromatic carbocycles. The molecule has 7 heteroatoms. The van der Waals surface area contributed by atoms with E-state index in [9.17, 15) is 13.2 Å². The fourth-order valence-corrected chi connectivity index (χ4v) is 3.18. The third-order valence-electron chi connectivity index (χ3n) is 2.74. The van der Waals surface area contributed by atoms with E-state index in [1.807, 2.05) is 6.92 Å². The molecular weight excluding hydrogens is 302 g/mol. The van der Waals surface area contributed by atoms with E-state index in [4.69, 9.17) is 16.7 Å². The van der Waals surface area contributed by atoms with Crippen molar-refractivity contribution in [2.75, 3.05) is 5.75 Å². The number of benzene rings is 1. The normalized spacial score (nSPS) is 13.1. The van der Waals surface area contributed by atoms with Crippen molar-refractivity contribution in [3.8, 4) is 0 Å². The minimum atomic E-state index is -3.57. The van der Waals surface area contributed by atoms with E-state index in [0.29, 0.717) is 17.0 Å². The van der Waals surface area contributed by atoms with Gasteiger partial charge in [0.1, 0.15) is 6.04 Å². The summed E-state index contributed by atoms with van der Waals surface area (Å²) in [7, 11) is -3.57. The van der Waals surface area contributed by atoms with Crippen LogP contribution in [-0.4, -0.2) is 31.3 Å². The highest BCUT2D eigenvalue weighted by molar-refractivity contribution is 7.89. The molecule has 20 heavy (non-hydrogen) atoms. The molecule has 0 heterocycles. The van der Waals surface area contributed by atoms with Crippen LogP contribution >= 0.6 is 11.6 Å². The second-order valence-electron chi connectivity index (χ2n) is 4.51. The average molecular weight is 320 g/mol. The maximum Gasteiger partial charge on any atom is 0.322 e. The zero-order valence-electron chi connectivity index (χ0n) is 11.2. The summed E-state index contributed by atoms with van der Waals surface area (Å²) >= 11 is 5.75. The van der Waals surface area contributed by atoms with Gasteiger partial charge in [0, 0.05) is 5.02 Å². The van der Waals surface area contributed by atoms with Gasteiger partial charge in [0.15, 0.2) is 0 Å². The molecule has 2 N–H and O–H groups in total. The van der Waals surface area contributed by atoms with E-state index in [0.717, 1.165) is 6.42 Å². The van der Waals surface area contributed by atoms with Gasteiger partial charge in [-0.1, -0.05) is 37.1 Å². The summed E-state index contributed by atoms with van der Waals surface area (Å²) < 4.78 is 25.7. The third-order valence-corrected chi connectivity index (χ3v) is 4.46. The standard InChI is InChI=1S/C13H18ClNO4S/c1-2-3-8-20(18,19)15-12(13(16)17)9-10-4-6-11(14)7-5-10/h4-7,12,15H,2-3,8-9H2,1H3,(H,16,17). The molecule has 1 unspecified atom stereocenters. The van der Waals surface area contributed by atoms with Crippen molar-refractivity contribution in [2.45, 2.75) is 32.2 Å². The van der Waals surface area contributed by atoms with Gasteiger partial charge in [-0.05, 0) is 30.5 Å². The van der Waals surface area contributed by atoms with Crippen LogP contribution in [-0.2, 0) is 21.2 Å². The van der Waals surface area contributed by atoms with Gasteiger partial charge < -0.3 is 5.11 Å². The lowest BCUT2D eigenvalue weighted by atomic mass is 10.1. The predicted molar refractivity (Wildman–Crippen MR) is 78.4 cm³/mol. The van der Waals surface area contributed by atoms with Crippen LogP contribution in [0.5, 0.6) is 0 Å². The quantitative estimate of drug-likeness (QED) is 0.768. The van der Waals surface area contributed by atoms with E-state index in [1.165, 1.54) is 0 Å². The maximum atomic E-state index is 11.8. The van der Waals surface area contributed by atoms with E-state index in [2.05, 4.69) is 4.72 Å². The predicted octanol–water partition coefficient (Wildman–Crippen LogP) is 2.06. The first kappa shape index (κ1) is 16.9. The van der Waals surface area contributed by atoms with Gasteiger partial charge >= 0.3 is 5.97 Å². The van der Waals surface area contributed by atoms with Crippen LogP contribution in [0.1, 0.15) is 25.3 Å². The summed E-state index contributed by atoms with van der Waals surface area (Å²) in [5.41, 5.74) is 0.708. The molecule has 0 aromatic heterocycles. The summed E-state index contributed by atoms with van der Waals surface area (Å²) in [5.74, 6) is -1.26. The van der Waals surface area contributed by atoms with Crippen molar-refractivity contribution in [2.24, 2.45) is 0 Å². The fraction of sp³-hybridized carbons (Fsp3) is 0.462. The zero-order valence-corrected chi connectivity index (χ0v) is 12.7. The molecular formula is C13H18ClNO4S. The summed E-state index contributed by atoms with van der Waals surface area (Å²) in [6.45, 7) is 1.87.